The second-order valence-corrected chi connectivity index (χ2v) is 6.90. The van der Waals surface area contributed by atoms with Crippen LogP contribution in [-0.2, 0) is 4.79 Å². The number of rotatable bonds is 3. The fourth-order valence-corrected chi connectivity index (χ4v) is 3.98. The molecule has 6 nitrogen and oxygen atoms in total. The van der Waals surface area contributed by atoms with Crippen molar-refractivity contribution in [2.75, 3.05) is 32.7 Å². The number of halogens is 1. The van der Waals surface area contributed by atoms with Gasteiger partial charge in [-0.1, -0.05) is 0 Å². The Bertz CT molecular complexity index is 420. The SMILES string of the molecule is CC1(C2CCN(CC3CCCNC3)CC2)NC(=O)NC1=O.Cl. The highest BCUT2D eigenvalue weighted by atomic mass is 35.5. The van der Waals surface area contributed by atoms with Crippen LogP contribution in [0.25, 0.3) is 0 Å². The Morgan fingerprint density at radius 1 is 1.23 bits per heavy atom. The third kappa shape index (κ3) is 3.55. The van der Waals surface area contributed by atoms with Crippen molar-refractivity contribution >= 4 is 24.3 Å². The van der Waals surface area contributed by atoms with E-state index in [-0.39, 0.29) is 30.3 Å². The number of nitrogens with one attached hydrogen (secondary N) is 3. The van der Waals surface area contributed by atoms with Gasteiger partial charge in [-0.15, -0.1) is 12.4 Å². The number of piperidine rings is 2. The molecule has 0 bridgehead atoms. The van der Waals surface area contributed by atoms with Crippen LogP contribution < -0.4 is 16.0 Å². The number of hydrogen-bond donors (Lipinski definition) is 3. The van der Waals surface area contributed by atoms with Crippen molar-refractivity contribution in [3.8, 4) is 0 Å². The summed E-state index contributed by atoms with van der Waals surface area (Å²) >= 11 is 0. The number of carbonyl (C=O) groups excluding carboxylic acids is 2. The Kier molecular flexibility index (Phi) is 5.69. The fourth-order valence-electron chi connectivity index (χ4n) is 3.98. The summed E-state index contributed by atoms with van der Waals surface area (Å²) in [7, 11) is 0. The average molecular weight is 331 g/mol. The van der Waals surface area contributed by atoms with E-state index in [4.69, 9.17) is 0 Å². The third-order valence-electron chi connectivity index (χ3n) is 5.39. The highest BCUT2D eigenvalue weighted by Gasteiger charge is 2.48. The van der Waals surface area contributed by atoms with Crippen molar-refractivity contribution in [3.05, 3.63) is 0 Å². The highest BCUT2D eigenvalue weighted by molar-refractivity contribution is 6.06. The number of carbonyl (C=O) groups is 2. The first-order chi connectivity index (χ1) is 10.1. The largest absolute Gasteiger partial charge is 0.323 e. The van der Waals surface area contributed by atoms with Gasteiger partial charge >= 0.3 is 6.03 Å². The monoisotopic (exact) mass is 330 g/mol. The van der Waals surface area contributed by atoms with Gasteiger partial charge in [0.2, 0.25) is 0 Å². The first kappa shape index (κ1) is 17.5. The van der Waals surface area contributed by atoms with Gasteiger partial charge in [-0.05, 0) is 70.6 Å². The van der Waals surface area contributed by atoms with Gasteiger partial charge in [0, 0.05) is 6.54 Å². The molecule has 2 atom stereocenters. The standard InChI is InChI=1S/C15H26N4O2.ClH/c1-15(13(20)17-14(21)18-15)12-4-7-19(8-5-12)10-11-3-2-6-16-9-11;/h11-12,16H,2-10H2,1H3,(H2,17,18,20,21);1H. The Morgan fingerprint density at radius 3 is 2.50 bits per heavy atom. The van der Waals surface area contributed by atoms with Crippen LogP contribution in [0.3, 0.4) is 0 Å². The summed E-state index contributed by atoms with van der Waals surface area (Å²) in [6.45, 7) is 7.37. The number of likely N-dealkylation sites (tertiary alicyclic amines) is 1. The van der Waals surface area contributed by atoms with Crippen molar-refractivity contribution in [2.24, 2.45) is 11.8 Å². The summed E-state index contributed by atoms with van der Waals surface area (Å²) in [6.07, 6.45) is 4.56. The zero-order valence-electron chi connectivity index (χ0n) is 13.2. The van der Waals surface area contributed by atoms with Gasteiger partial charge in [0.25, 0.3) is 5.91 Å². The van der Waals surface area contributed by atoms with Crippen molar-refractivity contribution in [1.29, 1.82) is 0 Å². The maximum Gasteiger partial charge on any atom is 0.322 e. The molecule has 0 aromatic heterocycles. The van der Waals surface area contributed by atoms with Crippen LogP contribution in [-0.4, -0.2) is 55.1 Å². The first-order valence-corrected chi connectivity index (χ1v) is 8.14. The number of hydrogen-bond acceptors (Lipinski definition) is 4. The number of imide groups is 1. The fraction of sp³-hybridized carbons (Fsp3) is 0.867. The van der Waals surface area contributed by atoms with Gasteiger partial charge in [0.05, 0.1) is 0 Å². The van der Waals surface area contributed by atoms with E-state index in [0.717, 1.165) is 51.5 Å². The molecule has 0 saturated carbocycles. The van der Waals surface area contributed by atoms with Gasteiger partial charge in [-0.2, -0.15) is 0 Å². The lowest BCUT2D eigenvalue weighted by atomic mass is 9.79. The normalized spacial score (nSPS) is 34.0. The second-order valence-electron chi connectivity index (χ2n) is 6.90. The molecule has 3 aliphatic rings. The van der Waals surface area contributed by atoms with Crippen LogP contribution in [0.2, 0.25) is 0 Å². The Labute approximate surface area is 138 Å². The Morgan fingerprint density at radius 2 is 1.95 bits per heavy atom. The first-order valence-electron chi connectivity index (χ1n) is 8.14. The maximum atomic E-state index is 12.0. The van der Waals surface area contributed by atoms with Crippen LogP contribution in [0.4, 0.5) is 4.79 Å². The van der Waals surface area contributed by atoms with E-state index in [1.165, 1.54) is 12.8 Å². The summed E-state index contributed by atoms with van der Waals surface area (Å²) in [5.74, 6) is 0.840. The quantitative estimate of drug-likeness (QED) is 0.667. The van der Waals surface area contributed by atoms with Crippen LogP contribution in [0.1, 0.15) is 32.6 Å². The molecule has 3 saturated heterocycles. The molecular formula is C15H27ClN4O2. The lowest BCUT2D eigenvalue weighted by Crippen LogP contribution is -2.54. The predicted molar refractivity (Wildman–Crippen MR) is 87.1 cm³/mol. The molecule has 22 heavy (non-hydrogen) atoms. The Balaban J connectivity index is 0.00000176. The minimum Gasteiger partial charge on any atom is -0.323 e. The number of nitrogens with zero attached hydrogens (tertiary/aromatic N) is 1. The van der Waals surface area contributed by atoms with E-state index in [2.05, 4.69) is 20.9 Å². The molecule has 126 valence electrons. The van der Waals surface area contributed by atoms with Crippen molar-refractivity contribution in [3.63, 3.8) is 0 Å². The summed E-state index contributed by atoms with van der Waals surface area (Å²) in [6, 6.07) is -0.349. The van der Waals surface area contributed by atoms with E-state index in [1.807, 2.05) is 6.92 Å². The minimum absolute atomic E-state index is 0. The van der Waals surface area contributed by atoms with Crippen molar-refractivity contribution in [2.45, 2.75) is 38.1 Å². The molecule has 7 heteroatoms. The zero-order valence-corrected chi connectivity index (χ0v) is 14.0. The molecule has 3 N–H and O–H groups in total. The summed E-state index contributed by atoms with van der Waals surface area (Å²) in [4.78, 5) is 25.9. The Hall–Kier alpha value is -0.850. The lowest BCUT2D eigenvalue weighted by molar-refractivity contribution is -0.125. The van der Waals surface area contributed by atoms with Crippen LogP contribution >= 0.6 is 12.4 Å². The zero-order chi connectivity index (χ0) is 14.9. The van der Waals surface area contributed by atoms with Gasteiger partial charge in [-0.25, -0.2) is 4.79 Å². The smallest absolute Gasteiger partial charge is 0.322 e. The van der Waals surface area contributed by atoms with E-state index >= 15 is 0 Å². The third-order valence-corrected chi connectivity index (χ3v) is 5.39. The number of amides is 3. The summed E-state index contributed by atoms with van der Waals surface area (Å²) in [5, 5.41) is 8.66. The van der Waals surface area contributed by atoms with Crippen LogP contribution in [0, 0.1) is 11.8 Å². The van der Waals surface area contributed by atoms with E-state index < -0.39 is 5.54 Å². The molecule has 0 radical (unpaired) electrons. The number of urea groups is 1. The summed E-state index contributed by atoms with van der Waals surface area (Å²) in [5.41, 5.74) is -0.713. The molecule has 0 aromatic rings. The molecule has 0 aliphatic carbocycles. The van der Waals surface area contributed by atoms with E-state index in [0.29, 0.717) is 0 Å². The van der Waals surface area contributed by atoms with Crippen molar-refractivity contribution < 1.29 is 9.59 Å². The minimum atomic E-state index is -0.713. The highest BCUT2D eigenvalue weighted by Crippen LogP contribution is 2.31. The van der Waals surface area contributed by atoms with Gasteiger partial charge in [0.1, 0.15) is 5.54 Å². The maximum absolute atomic E-state index is 12.0. The molecule has 3 fully saturated rings. The predicted octanol–water partition coefficient (Wildman–Crippen LogP) is 0.718. The average Bonchev–Trinajstić information content (AvgIpc) is 2.74. The van der Waals surface area contributed by atoms with Crippen molar-refractivity contribution in [1.82, 2.24) is 20.9 Å². The topological polar surface area (TPSA) is 73.5 Å². The molecule has 0 aromatic carbocycles. The molecular weight excluding hydrogens is 304 g/mol. The molecule has 3 heterocycles. The second kappa shape index (κ2) is 7.15. The van der Waals surface area contributed by atoms with E-state index in [9.17, 15) is 9.59 Å². The van der Waals surface area contributed by atoms with Gasteiger partial charge in [-0.3, -0.25) is 10.1 Å². The molecule has 3 amide bonds. The van der Waals surface area contributed by atoms with E-state index in [1.54, 1.807) is 0 Å². The summed E-state index contributed by atoms with van der Waals surface area (Å²) < 4.78 is 0. The molecule has 2 unspecified atom stereocenters. The molecule has 0 spiro atoms. The lowest BCUT2D eigenvalue weighted by Gasteiger charge is -2.40. The van der Waals surface area contributed by atoms with Crippen LogP contribution in [0.15, 0.2) is 0 Å². The molecule has 3 aliphatic heterocycles. The van der Waals surface area contributed by atoms with Gasteiger partial charge < -0.3 is 15.5 Å². The molecule has 3 rings (SSSR count). The van der Waals surface area contributed by atoms with Gasteiger partial charge in [0.15, 0.2) is 0 Å². The van der Waals surface area contributed by atoms with Crippen LogP contribution in [0.5, 0.6) is 0 Å².